The first-order valence-corrected chi connectivity index (χ1v) is 10.1. The van der Waals surface area contributed by atoms with Gasteiger partial charge >= 0.3 is 5.97 Å². The summed E-state index contributed by atoms with van der Waals surface area (Å²) in [4.78, 5) is 17.1. The van der Waals surface area contributed by atoms with Gasteiger partial charge < -0.3 is 14.5 Å². The second-order valence-electron chi connectivity index (χ2n) is 7.48. The van der Waals surface area contributed by atoms with E-state index in [0.29, 0.717) is 50.1 Å². The molecule has 144 valence electrons. The Kier molecular flexibility index (Phi) is 4.54. The van der Waals surface area contributed by atoms with Gasteiger partial charge in [0.2, 0.25) is 5.89 Å². The zero-order chi connectivity index (χ0) is 19.3. The van der Waals surface area contributed by atoms with Crippen LogP contribution in [-0.4, -0.2) is 29.6 Å². The number of hydrogen-bond acceptors (Lipinski definition) is 5. The normalized spacial score (nSPS) is 23.9. The van der Waals surface area contributed by atoms with Crippen molar-refractivity contribution in [1.82, 2.24) is 10.3 Å². The van der Waals surface area contributed by atoms with Gasteiger partial charge in [0.15, 0.2) is 5.58 Å². The van der Waals surface area contributed by atoms with E-state index in [2.05, 4.69) is 10.3 Å². The van der Waals surface area contributed by atoms with Gasteiger partial charge in [-0.1, -0.05) is 23.2 Å². The molecule has 5 nitrogen and oxygen atoms in total. The second-order valence-corrected chi connectivity index (χ2v) is 8.35. The number of hydrogen-bond donors (Lipinski definition) is 1. The van der Waals surface area contributed by atoms with Crippen molar-refractivity contribution in [3.05, 3.63) is 52.0 Å². The Hall–Kier alpha value is -2.08. The van der Waals surface area contributed by atoms with Gasteiger partial charge in [-0.05, 0) is 49.2 Å². The maximum Gasteiger partial charge on any atom is 0.338 e. The first-order valence-electron chi connectivity index (χ1n) is 9.36. The van der Waals surface area contributed by atoms with Crippen LogP contribution in [0.15, 0.2) is 40.8 Å². The van der Waals surface area contributed by atoms with E-state index in [9.17, 15) is 4.79 Å². The summed E-state index contributed by atoms with van der Waals surface area (Å²) in [7, 11) is 0. The molecule has 1 saturated carbocycles. The van der Waals surface area contributed by atoms with Crippen LogP contribution in [0.4, 0.5) is 0 Å². The zero-order valence-corrected chi connectivity index (χ0v) is 16.5. The molecule has 3 aliphatic rings. The molecule has 2 bridgehead atoms. The molecule has 2 aliphatic heterocycles. The molecule has 7 heteroatoms. The third kappa shape index (κ3) is 3.39. The summed E-state index contributed by atoms with van der Waals surface area (Å²) in [5.41, 5.74) is 2.33. The number of ether oxygens (including phenoxy) is 1. The minimum absolute atomic E-state index is 0.0120. The fraction of sp³-hybridized carbons (Fsp3) is 0.333. The first kappa shape index (κ1) is 18.0. The molecule has 0 spiro atoms. The Morgan fingerprint density at radius 3 is 2.64 bits per heavy atom. The van der Waals surface area contributed by atoms with Crippen LogP contribution in [0, 0.1) is 5.92 Å². The van der Waals surface area contributed by atoms with E-state index in [4.69, 9.17) is 32.4 Å². The second kappa shape index (κ2) is 7.07. The van der Waals surface area contributed by atoms with Gasteiger partial charge in [0.25, 0.3) is 0 Å². The summed E-state index contributed by atoms with van der Waals surface area (Å²) < 4.78 is 11.7. The molecule has 3 atom stereocenters. The number of nitrogens with zero attached hydrogens (tertiary/aromatic N) is 1. The standard InChI is InChI=1S/C21H18Cl2N2O3/c22-14-5-13(6-15(23)8-14)20-25-17-4-2-11(7-19(17)27-20)21(26)28-18-9-16-3-1-12(18)10-24-16/h2,4-8,12,16,18,24H,1,3,9-10H2. The number of oxazole rings is 1. The molecule has 1 aliphatic carbocycles. The average molecular weight is 417 g/mol. The predicted octanol–water partition coefficient (Wildman–Crippen LogP) is 5.10. The molecule has 1 aromatic heterocycles. The van der Waals surface area contributed by atoms with Gasteiger partial charge in [-0.25, -0.2) is 9.78 Å². The summed E-state index contributed by atoms with van der Waals surface area (Å²) in [6.45, 7) is 0.926. The topological polar surface area (TPSA) is 64.4 Å². The van der Waals surface area contributed by atoms with Crippen molar-refractivity contribution in [3.63, 3.8) is 0 Å². The SMILES string of the molecule is O=C(OC1CC2CCC1CN2)c1ccc2nc(-c3cc(Cl)cc(Cl)c3)oc2c1. The summed E-state index contributed by atoms with van der Waals surface area (Å²) in [6, 6.07) is 10.8. The highest BCUT2D eigenvalue weighted by atomic mass is 35.5. The Labute approximate surface area is 172 Å². The smallest absolute Gasteiger partial charge is 0.338 e. The van der Waals surface area contributed by atoms with Crippen LogP contribution in [0.3, 0.4) is 0 Å². The number of carbonyl (C=O) groups is 1. The summed E-state index contributed by atoms with van der Waals surface area (Å²) in [5.74, 6) is 0.492. The third-order valence-corrected chi connectivity index (χ3v) is 6.03. The molecule has 1 N–H and O–H groups in total. The lowest BCUT2D eigenvalue weighted by Gasteiger charge is -2.42. The van der Waals surface area contributed by atoms with Crippen molar-refractivity contribution in [2.45, 2.75) is 31.4 Å². The summed E-state index contributed by atoms with van der Waals surface area (Å²) in [5, 5.41) is 4.49. The number of rotatable bonds is 3. The van der Waals surface area contributed by atoms with E-state index < -0.39 is 0 Å². The van der Waals surface area contributed by atoms with Crippen LogP contribution < -0.4 is 5.32 Å². The Morgan fingerprint density at radius 1 is 1.14 bits per heavy atom. The van der Waals surface area contributed by atoms with Gasteiger partial charge in [0.05, 0.1) is 5.56 Å². The van der Waals surface area contributed by atoms with Crippen molar-refractivity contribution in [1.29, 1.82) is 0 Å². The molecular formula is C21H18Cl2N2O3. The van der Waals surface area contributed by atoms with Gasteiger partial charge in [-0.15, -0.1) is 0 Å². The van der Waals surface area contributed by atoms with E-state index >= 15 is 0 Å². The Balaban J connectivity index is 1.39. The number of nitrogens with one attached hydrogen (secondary N) is 1. The van der Waals surface area contributed by atoms with Crippen molar-refractivity contribution in [2.75, 3.05) is 6.54 Å². The lowest BCUT2D eigenvalue weighted by molar-refractivity contribution is -0.0188. The lowest BCUT2D eigenvalue weighted by Crippen LogP contribution is -2.52. The number of aromatic nitrogens is 1. The van der Waals surface area contributed by atoms with Crippen LogP contribution in [0.25, 0.3) is 22.6 Å². The molecule has 3 unspecified atom stereocenters. The third-order valence-electron chi connectivity index (χ3n) is 5.59. The highest BCUT2D eigenvalue weighted by molar-refractivity contribution is 6.35. The first-order chi connectivity index (χ1) is 13.5. The van der Waals surface area contributed by atoms with E-state index in [1.165, 1.54) is 6.42 Å². The molecule has 2 saturated heterocycles. The summed E-state index contributed by atoms with van der Waals surface area (Å²) in [6.07, 6.45) is 3.16. The molecule has 28 heavy (non-hydrogen) atoms. The number of carbonyl (C=O) groups excluding carboxylic acids is 1. The molecule has 6 rings (SSSR count). The van der Waals surface area contributed by atoms with Crippen molar-refractivity contribution < 1.29 is 13.9 Å². The minimum atomic E-state index is -0.316. The highest BCUT2D eigenvalue weighted by Gasteiger charge is 2.37. The largest absolute Gasteiger partial charge is 0.458 e. The maximum absolute atomic E-state index is 12.7. The number of fused-ring (bicyclic) bond motifs is 4. The van der Waals surface area contributed by atoms with Crippen LogP contribution in [0.1, 0.15) is 29.6 Å². The minimum Gasteiger partial charge on any atom is -0.458 e. The van der Waals surface area contributed by atoms with Gasteiger partial charge in [0.1, 0.15) is 11.6 Å². The van der Waals surface area contributed by atoms with Crippen molar-refractivity contribution in [3.8, 4) is 11.5 Å². The molecule has 0 amide bonds. The quantitative estimate of drug-likeness (QED) is 0.601. The Morgan fingerprint density at radius 2 is 1.96 bits per heavy atom. The highest BCUT2D eigenvalue weighted by Crippen LogP contribution is 2.33. The van der Waals surface area contributed by atoms with E-state index in [1.54, 1.807) is 36.4 Å². The number of esters is 1. The monoisotopic (exact) mass is 416 g/mol. The van der Waals surface area contributed by atoms with Crippen molar-refractivity contribution >= 4 is 40.3 Å². The lowest BCUT2D eigenvalue weighted by atomic mass is 9.79. The summed E-state index contributed by atoms with van der Waals surface area (Å²) >= 11 is 12.1. The van der Waals surface area contributed by atoms with Crippen LogP contribution in [0.5, 0.6) is 0 Å². The molecule has 2 aromatic carbocycles. The van der Waals surface area contributed by atoms with Gasteiger partial charge in [-0.3, -0.25) is 0 Å². The Bertz CT molecular complexity index is 1040. The van der Waals surface area contributed by atoms with Gasteiger partial charge in [0, 0.05) is 40.5 Å². The molecule has 3 fully saturated rings. The van der Waals surface area contributed by atoms with E-state index in [0.717, 1.165) is 19.4 Å². The zero-order valence-electron chi connectivity index (χ0n) is 15.0. The predicted molar refractivity (Wildman–Crippen MR) is 108 cm³/mol. The molecule has 3 heterocycles. The average Bonchev–Trinajstić information content (AvgIpc) is 3.11. The fourth-order valence-corrected chi connectivity index (χ4v) is 4.66. The molecular weight excluding hydrogens is 399 g/mol. The molecule has 0 radical (unpaired) electrons. The molecule has 3 aromatic rings. The number of halogens is 2. The van der Waals surface area contributed by atoms with Crippen LogP contribution in [0.2, 0.25) is 10.0 Å². The van der Waals surface area contributed by atoms with Crippen LogP contribution in [-0.2, 0) is 4.74 Å². The number of benzene rings is 2. The van der Waals surface area contributed by atoms with Crippen molar-refractivity contribution in [2.24, 2.45) is 5.92 Å². The maximum atomic E-state index is 12.7. The van der Waals surface area contributed by atoms with Crippen LogP contribution >= 0.6 is 23.2 Å². The van der Waals surface area contributed by atoms with E-state index in [1.807, 2.05) is 0 Å². The fourth-order valence-electron chi connectivity index (χ4n) is 4.13. The number of piperidine rings is 2. The van der Waals surface area contributed by atoms with Gasteiger partial charge in [-0.2, -0.15) is 0 Å². The van der Waals surface area contributed by atoms with E-state index in [-0.39, 0.29) is 12.1 Å².